The highest BCUT2D eigenvalue weighted by Crippen LogP contribution is 2.27. The van der Waals surface area contributed by atoms with Crippen LogP contribution >= 0.6 is 24.0 Å². The molecule has 0 aliphatic heterocycles. The van der Waals surface area contributed by atoms with E-state index in [1.807, 2.05) is 84.9 Å². The topological polar surface area (TPSA) is 60.0 Å². The zero-order valence-electron chi connectivity index (χ0n) is 18.5. The van der Waals surface area contributed by atoms with E-state index in [0.29, 0.717) is 23.9 Å². The van der Waals surface area contributed by atoms with E-state index in [2.05, 4.69) is 9.97 Å². The van der Waals surface area contributed by atoms with Crippen molar-refractivity contribution in [2.75, 3.05) is 7.11 Å². The van der Waals surface area contributed by atoms with Crippen molar-refractivity contribution in [3.8, 4) is 23.0 Å². The van der Waals surface area contributed by atoms with Crippen LogP contribution in [0, 0.1) is 0 Å². The number of methoxy groups -OCH3 is 1. The molecule has 0 radical (unpaired) electrons. The molecule has 5 aromatic rings. The number of benzene rings is 3. The number of ether oxygens (including phenoxy) is 2. The summed E-state index contributed by atoms with van der Waals surface area (Å²) >= 11 is 6.30. The maximum absolute atomic E-state index is 6.30. The number of halogens is 2. The van der Waals surface area contributed by atoms with E-state index < -0.39 is 0 Å². The molecule has 0 saturated carbocycles. The quantitative estimate of drug-likeness (QED) is 0.269. The number of nitrogens with zero attached hydrogens (tertiary/aromatic N) is 2. The second-order valence-electron chi connectivity index (χ2n) is 7.69. The van der Waals surface area contributed by atoms with Gasteiger partial charge in [-0.1, -0.05) is 48.0 Å². The van der Waals surface area contributed by atoms with Crippen LogP contribution < -0.4 is 9.47 Å². The molecule has 0 saturated heterocycles. The summed E-state index contributed by atoms with van der Waals surface area (Å²) in [6.45, 7) is 0.491. The molecule has 0 fully saturated rings. The summed E-state index contributed by atoms with van der Waals surface area (Å²) in [5.74, 6) is 2.29. The molecular formula is C27H23Cl2N3O2. The van der Waals surface area contributed by atoms with E-state index >= 15 is 0 Å². The van der Waals surface area contributed by atoms with Crippen LogP contribution in [0.4, 0.5) is 0 Å². The number of fused-ring (bicyclic) bond motifs is 1. The number of H-pyrrole nitrogens is 1. The number of pyridine rings is 1. The average molecular weight is 492 g/mol. The van der Waals surface area contributed by atoms with Gasteiger partial charge in [-0.15, -0.1) is 12.4 Å². The lowest BCUT2D eigenvalue weighted by molar-refractivity contribution is 0.303. The molecule has 0 atom stereocenters. The predicted octanol–water partition coefficient (Wildman–Crippen LogP) is 6.88. The van der Waals surface area contributed by atoms with Gasteiger partial charge in [0.05, 0.1) is 18.1 Å². The van der Waals surface area contributed by atoms with E-state index in [9.17, 15) is 0 Å². The maximum atomic E-state index is 6.30. The Morgan fingerprint density at radius 3 is 2.56 bits per heavy atom. The summed E-state index contributed by atoms with van der Waals surface area (Å²) in [4.78, 5) is 12.9. The molecule has 0 unspecified atom stereocenters. The average Bonchev–Trinajstić information content (AvgIpc) is 3.28. The molecule has 1 N–H and O–H groups in total. The van der Waals surface area contributed by atoms with Gasteiger partial charge in [0.1, 0.15) is 23.8 Å². The molecule has 7 heteroatoms. The van der Waals surface area contributed by atoms with Crippen LogP contribution in [-0.2, 0) is 13.0 Å². The number of hydrogen-bond donors (Lipinski definition) is 1. The van der Waals surface area contributed by atoms with Crippen molar-refractivity contribution in [1.29, 1.82) is 0 Å². The lowest BCUT2D eigenvalue weighted by Crippen LogP contribution is -2.01. The molecule has 2 heterocycles. The molecule has 172 valence electrons. The zero-order valence-corrected chi connectivity index (χ0v) is 20.1. The first-order chi connectivity index (χ1) is 16.2. The van der Waals surface area contributed by atoms with Gasteiger partial charge in [-0.3, -0.25) is 0 Å². The Hall–Kier alpha value is -3.54. The molecule has 5 nitrogen and oxygen atoms in total. The van der Waals surface area contributed by atoms with Crippen LogP contribution in [-0.4, -0.2) is 22.1 Å². The summed E-state index contributed by atoms with van der Waals surface area (Å²) < 4.78 is 11.4. The summed E-state index contributed by atoms with van der Waals surface area (Å²) in [6.07, 6.45) is 0.590. The Kier molecular flexibility index (Phi) is 7.36. The van der Waals surface area contributed by atoms with E-state index in [-0.39, 0.29) is 12.4 Å². The Morgan fingerprint density at radius 2 is 1.74 bits per heavy atom. The fraction of sp³-hybridized carbons (Fsp3) is 0.111. The van der Waals surface area contributed by atoms with Crippen molar-refractivity contribution in [2.24, 2.45) is 0 Å². The van der Waals surface area contributed by atoms with Crippen molar-refractivity contribution >= 4 is 35.0 Å². The van der Waals surface area contributed by atoms with Gasteiger partial charge in [-0.05, 0) is 48.0 Å². The lowest BCUT2D eigenvalue weighted by atomic mass is 10.1. The van der Waals surface area contributed by atoms with Gasteiger partial charge < -0.3 is 14.5 Å². The minimum absolute atomic E-state index is 0. The van der Waals surface area contributed by atoms with Crippen LogP contribution in [0.2, 0.25) is 5.02 Å². The van der Waals surface area contributed by atoms with Crippen molar-refractivity contribution in [3.63, 3.8) is 0 Å². The SMILES string of the molecule is COc1ccc2nc(-c3cccc(Cc4cc(Cl)ccc4OCc4ccccc4)n3)[nH]c2c1.Cl. The molecule has 34 heavy (non-hydrogen) atoms. The van der Waals surface area contributed by atoms with Gasteiger partial charge in [0.2, 0.25) is 0 Å². The molecule has 3 aromatic carbocycles. The smallest absolute Gasteiger partial charge is 0.157 e. The third-order valence-electron chi connectivity index (χ3n) is 5.37. The van der Waals surface area contributed by atoms with Crippen molar-refractivity contribution in [1.82, 2.24) is 15.0 Å². The second-order valence-corrected chi connectivity index (χ2v) is 8.12. The number of rotatable bonds is 7. The van der Waals surface area contributed by atoms with Gasteiger partial charge in [0.25, 0.3) is 0 Å². The molecular weight excluding hydrogens is 469 g/mol. The van der Waals surface area contributed by atoms with Crippen LogP contribution in [0.5, 0.6) is 11.5 Å². The molecule has 0 amide bonds. The molecule has 0 bridgehead atoms. The Balaban J connectivity index is 0.00000274. The van der Waals surface area contributed by atoms with Crippen LogP contribution in [0.1, 0.15) is 16.8 Å². The normalized spacial score (nSPS) is 10.6. The van der Waals surface area contributed by atoms with Crippen molar-refractivity contribution in [2.45, 2.75) is 13.0 Å². The first-order valence-corrected chi connectivity index (χ1v) is 11.0. The van der Waals surface area contributed by atoms with Gasteiger partial charge in [0.15, 0.2) is 5.82 Å². The predicted molar refractivity (Wildman–Crippen MR) is 138 cm³/mol. The number of imidazole rings is 1. The largest absolute Gasteiger partial charge is 0.497 e. The molecule has 2 aromatic heterocycles. The summed E-state index contributed by atoms with van der Waals surface area (Å²) in [7, 11) is 1.65. The highest BCUT2D eigenvalue weighted by molar-refractivity contribution is 6.30. The molecule has 5 rings (SSSR count). The lowest BCUT2D eigenvalue weighted by Gasteiger charge is -2.12. The number of nitrogens with one attached hydrogen (secondary N) is 1. The van der Waals surface area contributed by atoms with E-state index in [4.69, 9.17) is 26.1 Å². The number of aromatic nitrogens is 3. The van der Waals surface area contributed by atoms with Crippen LogP contribution in [0.25, 0.3) is 22.6 Å². The first-order valence-electron chi connectivity index (χ1n) is 10.6. The third-order valence-corrected chi connectivity index (χ3v) is 5.60. The Labute approximate surface area is 209 Å². The fourth-order valence-corrected chi connectivity index (χ4v) is 3.90. The van der Waals surface area contributed by atoms with Gasteiger partial charge in [-0.25, -0.2) is 9.97 Å². The zero-order chi connectivity index (χ0) is 22.6. The van der Waals surface area contributed by atoms with Gasteiger partial charge in [-0.2, -0.15) is 0 Å². The first kappa shape index (κ1) is 23.6. The Bertz CT molecular complexity index is 1400. The Morgan fingerprint density at radius 1 is 0.882 bits per heavy atom. The molecule has 0 aliphatic rings. The monoisotopic (exact) mass is 491 g/mol. The molecule has 0 spiro atoms. The minimum atomic E-state index is 0. The van der Waals surface area contributed by atoms with Gasteiger partial charge in [0, 0.05) is 28.8 Å². The van der Waals surface area contributed by atoms with Crippen LogP contribution in [0.3, 0.4) is 0 Å². The maximum Gasteiger partial charge on any atom is 0.157 e. The van der Waals surface area contributed by atoms with Crippen molar-refractivity contribution in [3.05, 3.63) is 107 Å². The highest BCUT2D eigenvalue weighted by Gasteiger charge is 2.11. The fourth-order valence-electron chi connectivity index (χ4n) is 3.70. The molecule has 0 aliphatic carbocycles. The highest BCUT2D eigenvalue weighted by atomic mass is 35.5. The number of hydrogen-bond acceptors (Lipinski definition) is 4. The summed E-state index contributed by atoms with van der Waals surface area (Å²) in [6, 6.07) is 27.5. The summed E-state index contributed by atoms with van der Waals surface area (Å²) in [5, 5.41) is 0.666. The standard InChI is InChI=1S/C27H22ClN3O2.ClH/c1-32-22-11-12-23-25(16-22)31-27(30-23)24-9-5-8-21(29-24)15-19-14-20(28)10-13-26(19)33-17-18-6-3-2-4-7-18;/h2-14,16H,15,17H2,1H3,(H,30,31);1H. The van der Waals surface area contributed by atoms with E-state index in [1.165, 1.54) is 0 Å². The number of aromatic amines is 1. The van der Waals surface area contributed by atoms with E-state index in [1.54, 1.807) is 7.11 Å². The third kappa shape index (κ3) is 5.33. The van der Waals surface area contributed by atoms with Gasteiger partial charge >= 0.3 is 0 Å². The second kappa shape index (κ2) is 10.6. The van der Waals surface area contributed by atoms with Crippen molar-refractivity contribution < 1.29 is 9.47 Å². The van der Waals surface area contributed by atoms with E-state index in [0.717, 1.165) is 45.0 Å². The van der Waals surface area contributed by atoms with Crippen LogP contribution in [0.15, 0.2) is 84.9 Å². The summed E-state index contributed by atoms with van der Waals surface area (Å²) in [5.41, 5.74) is 5.54. The minimum Gasteiger partial charge on any atom is -0.497 e.